The van der Waals surface area contributed by atoms with Crippen LogP contribution in [0.3, 0.4) is 0 Å². The van der Waals surface area contributed by atoms with Crippen LogP contribution in [0.1, 0.15) is 16.8 Å². The summed E-state index contributed by atoms with van der Waals surface area (Å²) in [6.45, 7) is 3.07. The van der Waals surface area contributed by atoms with Crippen molar-refractivity contribution in [3.05, 3.63) is 102 Å². The van der Waals surface area contributed by atoms with Gasteiger partial charge in [0.25, 0.3) is 0 Å². The fourth-order valence-corrected chi connectivity index (χ4v) is 6.10. The molecule has 12 heteroatoms. The summed E-state index contributed by atoms with van der Waals surface area (Å²) in [5.74, 6) is -0.665. The number of sulfonamides is 1. The molecule has 1 amide bonds. The highest BCUT2D eigenvalue weighted by atomic mass is 32.2. The van der Waals surface area contributed by atoms with Crippen molar-refractivity contribution in [1.82, 2.24) is 19.5 Å². The molecular weight excluding hydrogens is 584 g/mol. The number of aromatic nitrogens is 1. The topological polar surface area (TPSA) is 138 Å². The third kappa shape index (κ3) is 7.70. The number of pyridine rings is 1. The Morgan fingerprint density at radius 2 is 1.61 bits per heavy atom. The van der Waals surface area contributed by atoms with Gasteiger partial charge in [0.2, 0.25) is 10.0 Å². The molecule has 1 aliphatic heterocycles. The summed E-state index contributed by atoms with van der Waals surface area (Å²) in [4.78, 5) is 32.2. The van der Waals surface area contributed by atoms with Crippen molar-refractivity contribution < 1.29 is 32.6 Å². The van der Waals surface area contributed by atoms with Gasteiger partial charge >= 0.3 is 12.1 Å². The zero-order valence-corrected chi connectivity index (χ0v) is 25.1. The lowest BCUT2D eigenvalue weighted by atomic mass is 10.1. The average molecular weight is 619 g/mol. The number of nitrogens with zero attached hydrogens (tertiary/aromatic N) is 3. The summed E-state index contributed by atoms with van der Waals surface area (Å²) in [6.07, 6.45) is -0.474. The van der Waals surface area contributed by atoms with Crippen LogP contribution in [0.25, 0.3) is 10.9 Å². The lowest BCUT2D eigenvalue weighted by molar-refractivity contribution is -0.143. The molecule has 0 saturated carbocycles. The molecule has 11 nitrogen and oxygen atoms in total. The molecule has 3 aromatic carbocycles. The number of aryl methyl sites for hydroxylation is 1. The highest BCUT2D eigenvalue weighted by Crippen LogP contribution is 2.22. The minimum atomic E-state index is -3.99. The summed E-state index contributed by atoms with van der Waals surface area (Å²) < 4.78 is 39.7. The number of aliphatic carboxylic acids is 1. The van der Waals surface area contributed by atoms with Crippen LogP contribution in [0.2, 0.25) is 0 Å². The van der Waals surface area contributed by atoms with Crippen molar-refractivity contribution in [2.75, 3.05) is 32.7 Å². The number of fused-ring (bicyclic) bond motifs is 1. The molecule has 1 saturated heterocycles. The summed E-state index contributed by atoms with van der Waals surface area (Å²) in [6, 6.07) is 23.9. The van der Waals surface area contributed by atoms with Gasteiger partial charge in [-0.25, -0.2) is 17.9 Å². The fraction of sp³-hybridized carbons (Fsp3) is 0.281. The van der Waals surface area contributed by atoms with Crippen LogP contribution >= 0.6 is 0 Å². The number of ether oxygens (including phenoxy) is 2. The van der Waals surface area contributed by atoms with Crippen molar-refractivity contribution in [2.45, 2.75) is 31.1 Å². The lowest BCUT2D eigenvalue weighted by Crippen LogP contribution is -2.56. The predicted molar refractivity (Wildman–Crippen MR) is 164 cm³/mol. The average Bonchev–Trinajstić information content (AvgIpc) is 3.03. The van der Waals surface area contributed by atoms with Crippen molar-refractivity contribution in [2.24, 2.45) is 0 Å². The van der Waals surface area contributed by atoms with Gasteiger partial charge in [0.15, 0.2) is 0 Å². The Bertz CT molecular complexity index is 1710. The number of nitrogens with one attached hydrogen (secondary N) is 1. The maximum Gasteiger partial charge on any atom is 0.410 e. The first-order chi connectivity index (χ1) is 21.2. The highest BCUT2D eigenvalue weighted by Gasteiger charge is 2.32. The zero-order valence-electron chi connectivity index (χ0n) is 24.3. The van der Waals surface area contributed by atoms with Crippen LogP contribution < -0.4 is 9.46 Å². The van der Waals surface area contributed by atoms with Crippen LogP contribution in [0, 0.1) is 6.92 Å². The number of piperazine rings is 1. The van der Waals surface area contributed by atoms with E-state index in [1.165, 1.54) is 17.0 Å². The summed E-state index contributed by atoms with van der Waals surface area (Å²) in [5.41, 5.74) is 3.59. The van der Waals surface area contributed by atoms with Crippen molar-refractivity contribution in [3.63, 3.8) is 0 Å². The Hall–Kier alpha value is -4.52. The van der Waals surface area contributed by atoms with Gasteiger partial charge < -0.3 is 19.5 Å². The van der Waals surface area contributed by atoms with Crippen molar-refractivity contribution in [3.8, 4) is 5.75 Å². The van der Waals surface area contributed by atoms with E-state index in [-0.39, 0.29) is 50.8 Å². The van der Waals surface area contributed by atoms with Gasteiger partial charge in [-0.1, -0.05) is 48.5 Å². The van der Waals surface area contributed by atoms with Crippen LogP contribution in [0.5, 0.6) is 5.75 Å². The molecule has 0 bridgehead atoms. The van der Waals surface area contributed by atoms with Crippen LogP contribution in [-0.2, 0) is 32.8 Å². The van der Waals surface area contributed by atoms with Gasteiger partial charge in [-0.05, 0) is 48.9 Å². The zero-order chi connectivity index (χ0) is 31.1. The van der Waals surface area contributed by atoms with E-state index in [0.29, 0.717) is 5.75 Å². The maximum absolute atomic E-state index is 13.0. The van der Waals surface area contributed by atoms with Crippen LogP contribution in [0.15, 0.2) is 89.8 Å². The number of carboxylic acids is 1. The van der Waals surface area contributed by atoms with Gasteiger partial charge in [0.05, 0.1) is 10.4 Å². The summed E-state index contributed by atoms with van der Waals surface area (Å²) >= 11 is 0. The molecule has 44 heavy (non-hydrogen) atoms. The monoisotopic (exact) mass is 618 g/mol. The molecule has 0 aliphatic carbocycles. The smallest absolute Gasteiger partial charge is 0.410 e. The third-order valence-corrected chi connectivity index (χ3v) is 8.87. The van der Waals surface area contributed by atoms with Crippen molar-refractivity contribution in [1.29, 1.82) is 0 Å². The first-order valence-corrected chi connectivity index (χ1v) is 15.7. The molecule has 0 unspecified atom stereocenters. The number of hydrogen-bond acceptors (Lipinski definition) is 8. The minimum Gasteiger partial charge on any atom is -0.489 e. The van der Waals surface area contributed by atoms with Crippen molar-refractivity contribution >= 4 is 33.0 Å². The summed E-state index contributed by atoms with van der Waals surface area (Å²) in [5, 5.41) is 10.8. The molecule has 1 aliphatic rings. The van der Waals surface area contributed by atoms with Gasteiger partial charge in [-0.3, -0.25) is 14.7 Å². The molecular formula is C32H34N4O7S. The molecule has 0 spiro atoms. The molecule has 5 rings (SSSR count). The Labute approximate surface area is 256 Å². The van der Waals surface area contributed by atoms with Crippen LogP contribution in [0.4, 0.5) is 4.79 Å². The number of benzene rings is 3. The number of hydrogen-bond donors (Lipinski definition) is 2. The second kappa shape index (κ2) is 13.8. The van der Waals surface area contributed by atoms with E-state index < -0.39 is 28.1 Å². The van der Waals surface area contributed by atoms with Gasteiger partial charge in [0.1, 0.15) is 25.0 Å². The largest absolute Gasteiger partial charge is 0.489 e. The standard InChI is InChI=1S/C32H34N4O7S/c1-23-19-25(28-9-5-6-10-29(28)34-23)22-42-26-11-13-27(14-12-26)44(40,41)33-20-30(31(37)38)35-15-17-36(18-16-35)32(39)43-21-24-7-3-2-4-8-24/h2-14,19,30,33H,15-18,20-22H2,1H3,(H,37,38)/t30-/m0/s1. The molecule has 4 aromatic rings. The van der Waals surface area contributed by atoms with E-state index >= 15 is 0 Å². The molecule has 1 atom stereocenters. The Morgan fingerprint density at radius 3 is 2.32 bits per heavy atom. The Morgan fingerprint density at radius 1 is 0.932 bits per heavy atom. The molecule has 2 heterocycles. The molecule has 0 radical (unpaired) electrons. The Balaban J connectivity index is 1.13. The quantitative estimate of drug-likeness (QED) is 0.257. The Kier molecular flexibility index (Phi) is 9.73. The van der Waals surface area contributed by atoms with Gasteiger partial charge in [-0.15, -0.1) is 0 Å². The normalized spacial score (nSPS) is 14.7. The van der Waals surface area contributed by atoms with Crippen LogP contribution in [-0.4, -0.2) is 79.1 Å². The van der Waals surface area contributed by atoms with Gasteiger partial charge in [-0.2, -0.15) is 0 Å². The number of carbonyl (C=O) groups is 2. The molecule has 2 N–H and O–H groups in total. The van der Waals surface area contributed by atoms with Gasteiger partial charge in [0, 0.05) is 49.4 Å². The molecule has 1 aromatic heterocycles. The van der Waals surface area contributed by atoms with E-state index in [2.05, 4.69) is 9.71 Å². The van der Waals surface area contributed by atoms with E-state index in [1.54, 1.807) is 17.0 Å². The summed E-state index contributed by atoms with van der Waals surface area (Å²) in [7, 11) is -3.99. The third-order valence-electron chi connectivity index (χ3n) is 7.43. The number of carbonyl (C=O) groups excluding carboxylic acids is 1. The van der Waals surface area contributed by atoms with E-state index in [9.17, 15) is 23.1 Å². The predicted octanol–water partition coefficient (Wildman–Crippen LogP) is 3.81. The maximum atomic E-state index is 13.0. The van der Waals surface area contributed by atoms with E-state index in [1.807, 2.05) is 67.6 Å². The second-order valence-corrected chi connectivity index (χ2v) is 12.2. The molecule has 230 valence electrons. The highest BCUT2D eigenvalue weighted by molar-refractivity contribution is 7.89. The second-order valence-electron chi connectivity index (χ2n) is 10.5. The first kappa shape index (κ1) is 30.9. The minimum absolute atomic E-state index is 0.00910. The lowest BCUT2D eigenvalue weighted by Gasteiger charge is -2.37. The first-order valence-electron chi connectivity index (χ1n) is 14.2. The number of rotatable bonds is 11. The number of amides is 1. The fourth-order valence-electron chi connectivity index (χ4n) is 5.06. The number of para-hydroxylation sites is 1. The SMILES string of the molecule is Cc1cc(COc2ccc(S(=O)(=O)NC[C@@H](C(=O)O)N3CCN(C(=O)OCc4ccccc4)CC3)cc2)c2ccccc2n1. The molecule has 1 fully saturated rings. The van der Waals surface area contributed by atoms with E-state index in [4.69, 9.17) is 9.47 Å². The number of carboxylic acid groups (broad SMARTS) is 1. The van der Waals surface area contributed by atoms with E-state index in [0.717, 1.165) is 27.7 Å².